The van der Waals surface area contributed by atoms with E-state index >= 15 is 0 Å². The van der Waals surface area contributed by atoms with Gasteiger partial charge in [0.1, 0.15) is 5.60 Å². The summed E-state index contributed by atoms with van der Waals surface area (Å²) in [5.41, 5.74) is -0.356. The van der Waals surface area contributed by atoms with Crippen molar-refractivity contribution in [1.29, 1.82) is 0 Å². The Morgan fingerprint density at radius 3 is 2.67 bits per heavy atom. The molecule has 21 heavy (non-hydrogen) atoms. The summed E-state index contributed by atoms with van der Waals surface area (Å²) in [4.78, 5) is 4.59. The van der Waals surface area contributed by atoms with Crippen LogP contribution in [-0.4, -0.2) is 28.5 Å². The molecular formula is C16H26N2O3. The third kappa shape index (κ3) is 3.14. The predicted molar refractivity (Wildman–Crippen MR) is 77.7 cm³/mol. The lowest BCUT2D eigenvalue weighted by Crippen LogP contribution is -2.32. The molecular weight excluding hydrogens is 268 g/mol. The van der Waals surface area contributed by atoms with E-state index in [1.165, 1.54) is 12.8 Å². The van der Waals surface area contributed by atoms with Gasteiger partial charge >= 0.3 is 0 Å². The van der Waals surface area contributed by atoms with Crippen molar-refractivity contribution in [2.75, 3.05) is 7.11 Å². The van der Waals surface area contributed by atoms with Crippen LogP contribution in [0.15, 0.2) is 4.52 Å². The lowest BCUT2D eigenvalue weighted by atomic mass is 9.83. The van der Waals surface area contributed by atoms with Crippen LogP contribution in [0.2, 0.25) is 0 Å². The van der Waals surface area contributed by atoms with Crippen molar-refractivity contribution in [3.8, 4) is 0 Å². The van der Waals surface area contributed by atoms with Gasteiger partial charge in [0.05, 0.1) is 6.10 Å². The summed E-state index contributed by atoms with van der Waals surface area (Å²) in [6, 6.07) is 0. The minimum Gasteiger partial charge on any atom is -0.393 e. The maximum Gasteiger partial charge on any atom is 0.227 e. The van der Waals surface area contributed by atoms with E-state index in [0.717, 1.165) is 44.9 Å². The van der Waals surface area contributed by atoms with Gasteiger partial charge in [-0.3, -0.25) is 0 Å². The molecule has 0 radical (unpaired) electrons. The van der Waals surface area contributed by atoms with E-state index < -0.39 is 0 Å². The van der Waals surface area contributed by atoms with Gasteiger partial charge in [0, 0.05) is 13.5 Å². The van der Waals surface area contributed by atoms with Crippen molar-refractivity contribution in [3.63, 3.8) is 0 Å². The summed E-state index contributed by atoms with van der Waals surface area (Å²) >= 11 is 0. The summed E-state index contributed by atoms with van der Waals surface area (Å²) in [6.45, 7) is 0. The number of aliphatic hydroxyl groups excluding tert-OH is 1. The first kappa shape index (κ1) is 15.0. The van der Waals surface area contributed by atoms with E-state index in [1.807, 2.05) is 0 Å². The topological polar surface area (TPSA) is 68.4 Å². The molecule has 0 saturated heterocycles. The Labute approximate surface area is 126 Å². The molecule has 1 aromatic rings. The van der Waals surface area contributed by atoms with Crippen molar-refractivity contribution in [2.45, 2.75) is 75.9 Å². The van der Waals surface area contributed by atoms with Crippen molar-refractivity contribution in [2.24, 2.45) is 5.92 Å². The molecule has 5 nitrogen and oxygen atoms in total. The highest BCUT2D eigenvalue weighted by molar-refractivity contribution is 5.04. The summed E-state index contributed by atoms with van der Waals surface area (Å²) in [5, 5.41) is 14.2. The van der Waals surface area contributed by atoms with Gasteiger partial charge in [-0.05, 0) is 31.6 Å². The fraction of sp³-hybridized carbons (Fsp3) is 0.875. The molecule has 2 fully saturated rings. The molecule has 2 unspecified atom stereocenters. The van der Waals surface area contributed by atoms with Crippen molar-refractivity contribution in [3.05, 3.63) is 11.7 Å². The van der Waals surface area contributed by atoms with E-state index in [1.54, 1.807) is 7.11 Å². The fourth-order valence-electron chi connectivity index (χ4n) is 3.82. The van der Waals surface area contributed by atoms with E-state index in [4.69, 9.17) is 9.26 Å². The summed E-state index contributed by atoms with van der Waals surface area (Å²) in [7, 11) is 1.74. The largest absolute Gasteiger partial charge is 0.393 e. The van der Waals surface area contributed by atoms with Gasteiger partial charge in [-0.2, -0.15) is 4.98 Å². The molecule has 1 N–H and O–H groups in total. The van der Waals surface area contributed by atoms with Gasteiger partial charge in [-0.15, -0.1) is 0 Å². The molecule has 5 heteroatoms. The standard InChI is InChI=1S/C16H26N2O3/c1-20-16(9-5-2-6-10-16)15-17-14(21-18-15)11-12-7-3-4-8-13(12)19/h12-13,19H,2-11H2,1H3. The Bertz CT molecular complexity index is 454. The fourth-order valence-corrected chi connectivity index (χ4v) is 3.82. The molecule has 2 aliphatic rings. The van der Waals surface area contributed by atoms with Crippen molar-refractivity contribution >= 4 is 0 Å². The van der Waals surface area contributed by atoms with Gasteiger partial charge in [0.15, 0.2) is 0 Å². The monoisotopic (exact) mass is 294 g/mol. The number of aliphatic hydroxyl groups is 1. The summed E-state index contributed by atoms with van der Waals surface area (Å²) in [5.74, 6) is 1.61. The molecule has 2 saturated carbocycles. The second-order valence-electron chi connectivity index (χ2n) is 6.59. The molecule has 0 aromatic carbocycles. The second-order valence-corrected chi connectivity index (χ2v) is 6.59. The average molecular weight is 294 g/mol. The maximum atomic E-state index is 10.1. The van der Waals surface area contributed by atoms with Gasteiger partial charge in [0.25, 0.3) is 0 Å². The van der Waals surface area contributed by atoms with Crippen molar-refractivity contribution in [1.82, 2.24) is 10.1 Å². The van der Waals surface area contributed by atoms with Gasteiger partial charge in [0.2, 0.25) is 11.7 Å². The van der Waals surface area contributed by atoms with Crippen LogP contribution in [0.25, 0.3) is 0 Å². The van der Waals surface area contributed by atoms with Crippen molar-refractivity contribution < 1.29 is 14.4 Å². The highest BCUT2D eigenvalue weighted by atomic mass is 16.5. The van der Waals surface area contributed by atoms with Crippen LogP contribution in [0, 0.1) is 5.92 Å². The molecule has 0 spiro atoms. The SMILES string of the molecule is COC1(c2noc(CC3CCCCC3O)n2)CCCCC1. The predicted octanol–water partition coefficient (Wildman–Crippen LogP) is 2.97. The number of aromatic nitrogens is 2. The van der Waals surface area contributed by atoms with E-state index in [2.05, 4.69) is 10.1 Å². The van der Waals surface area contributed by atoms with E-state index in [9.17, 15) is 5.11 Å². The normalized spacial score (nSPS) is 29.4. The molecule has 0 amide bonds. The van der Waals surface area contributed by atoms with Crippen LogP contribution in [0.3, 0.4) is 0 Å². The molecule has 2 atom stereocenters. The number of methoxy groups -OCH3 is 1. The second kappa shape index (κ2) is 6.44. The van der Waals surface area contributed by atoms with Crippen LogP contribution < -0.4 is 0 Å². The summed E-state index contributed by atoms with van der Waals surface area (Å²) < 4.78 is 11.2. The quantitative estimate of drug-likeness (QED) is 0.924. The van der Waals surface area contributed by atoms with Gasteiger partial charge < -0.3 is 14.4 Å². The molecule has 118 valence electrons. The Hall–Kier alpha value is -0.940. The zero-order valence-electron chi connectivity index (χ0n) is 12.9. The first-order valence-corrected chi connectivity index (χ1v) is 8.30. The third-order valence-electron chi connectivity index (χ3n) is 5.23. The highest BCUT2D eigenvalue weighted by Gasteiger charge is 2.38. The van der Waals surface area contributed by atoms with E-state index in [0.29, 0.717) is 18.1 Å². The third-order valence-corrected chi connectivity index (χ3v) is 5.23. The van der Waals surface area contributed by atoms with E-state index in [-0.39, 0.29) is 17.6 Å². The number of hydrogen-bond donors (Lipinski definition) is 1. The van der Waals surface area contributed by atoms with Crippen LogP contribution in [0.4, 0.5) is 0 Å². The molecule has 3 rings (SSSR count). The smallest absolute Gasteiger partial charge is 0.227 e. The number of rotatable bonds is 4. The Balaban J connectivity index is 1.70. The minimum absolute atomic E-state index is 0.222. The van der Waals surface area contributed by atoms with Gasteiger partial charge in [-0.25, -0.2) is 0 Å². The molecule has 2 aliphatic carbocycles. The average Bonchev–Trinajstić information content (AvgIpc) is 2.99. The maximum absolute atomic E-state index is 10.1. The molecule has 0 bridgehead atoms. The summed E-state index contributed by atoms with van der Waals surface area (Å²) in [6.07, 6.45) is 10.2. The number of nitrogens with zero attached hydrogens (tertiary/aromatic N) is 2. The molecule has 0 aliphatic heterocycles. The lowest BCUT2D eigenvalue weighted by molar-refractivity contribution is -0.0527. The first-order valence-electron chi connectivity index (χ1n) is 8.30. The zero-order chi connectivity index (χ0) is 14.7. The number of ether oxygens (including phenoxy) is 1. The van der Waals surface area contributed by atoms with Crippen LogP contribution >= 0.6 is 0 Å². The molecule has 1 aromatic heterocycles. The Morgan fingerprint density at radius 1 is 1.19 bits per heavy atom. The van der Waals surface area contributed by atoms with Crippen LogP contribution in [0.1, 0.15) is 69.5 Å². The minimum atomic E-state index is -0.356. The van der Waals surface area contributed by atoms with Crippen LogP contribution in [-0.2, 0) is 16.8 Å². The van der Waals surface area contributed by atoms with Crippen LogP contribution in [0.5, 0.6) is 0 Å². The Morgan fingerprint density at radius 2 is 1.95 bits per heavy atom. The highest BCUT2D eigenvalue weighted by Crippen LogP contribution is 2.38. The Kier molecular flexibility index (Phi) is 4.60. The zero-order valence-corrected chi connectivity index (χ0v) is 12.9. The molecule has 1 heterocycles. The lowest BCUT2D eigenvalue weighted by Gasteiger charge is -2.32. The first-order chi connectivity index (χ1) is 10.2. The van der Waals surface area contributed by atoms with Gasteiger partial charge in [-0.1, -0.05) is 37.3 Å². The number of hydrogen-bond acceptors (Lipinski definition) is 5.